The zero-order chi connectivity index (χ0) is 25.2. The molecule has 34 heavy (non-hydrogen) atoms. The highest BCUT2D eigenvalue weighted by atomic mass is 31.2. The Labute approximate surface area is 198 Å². The van der Waals surface area contributed by atoms with E-state index < -0.39 is 60.3 Å². The van der Waals surface area contributed by atoms with Gasteiger partial charge in [-0.2, -0.15) is 0 Å². The van der Waals surface area contributed by atoms with Crippen LogP contribution in [0.3, 0.4) is 0 Å². The summed E-state index contributed by atoms with van der Waals surface area (Å²) in [7, 11) is -4.97. The molecule has 0 aromatic heterocycles. The minimum absolute atomic E-state index is 0.0112. The van der Waals surface area contributed by atoms with E-state index in [-0.39, 0.29) is 18.6 Å². The molecular weight excluding hydrogens is 466 g/mol. The van der Waals surface area contributed by atoms with Crippen LogP contribution in [0.25, 0.3) is 0 Å². The SMILES string of the molecule is C[C@]12C=CC(=O)C=C1CCC[C@@H]1[C@@H]3C[C@@H](O)[C@](O)(C(=O)COP(=O)(O)O)[C@@]3(C)CCCC[C@@]12F. The van der Waals surface area contributed by atoms with Crippen molar-refractivity contribution in [1.29, 1.82) is 0 Å². The Morgan fingerprint density at radius 3 is 2.56 bits per heavy atom. The molecule has 7 atom stereocenters. The average Bonchev–Trinajstić information content (AvgIpc) is 2.87. The lowest BCUT2D eigenvalue weighted by molar-refractivity contribution is -0.175. The average molecular weight is 501 g/mol. The third kappa shape index (κ3) is 3.71. The van der Waals surface area contributed by atoms with Gasteiger partial charge in [-0.15, -0.1) is 0 Å². The van der Waals surface area contributed by atoms with Crippen molar-refractivity contribution in [3.8, 4) is 0 Å². The third-order valence-corrected chi connectivity index (χ3v) is 9.85. The van der Waals surface area contributed by atoms with E-state index in [4.69, 9.17) is 9.79 Å². The van der Waals surface area contributed by atoms with E-state index in [1.807, 2.05) is 6.92 Å². The van der Waals surface area contributed by atoms with Crippen molar-refractivity contribution in [2.24, 2.45) is 22.7 Å². The van der Waals surface area contributed by atoms with E-state index in [0.29, 0.717) is 38.5 Å². The van der Waals surface area contributed by atoms with Crippen molar-refractivity contribution in [3.63, 3.8) is 0 Å². The first-order chi connectivity index (χ1) is 15.7. The fourth-order valence-electron chi connectivity index (χ4n) is 7.50. The molecule has 0 bridgehead atoms. The van der Waals surface area contributed by atoms with Crippen LogP contribution < -0.4 is 0 Å². The number of Topliss-reactive ketones (excluding diaryl/α,β-unsaturated/α-hetero) is 1. The van der Waals surface area contributed by atoms with Gasteiger partial charge in [-0.25, -0.2) is 8.96 Å². The van der Waals surface area contributed by atoms with Gasteiger partial charge in [0.25, 0.3) is 0 Å². The molecule has 10 heteroatoms. The molecule has 0 radical (unpaired) electrons. The molecule has 0 saturated heterocycles. The van der Waals surface area contributed by atoms with E-state index in [2.05, 4.69) is 4.52 Å². The lowest BCUT2D eigenvalue weighted by Gasteiger charge is -2.54. The number of carbonyl (C=O) groups excluding carboxylic acids is 2. The Morgan fingerprint density at radius 1 is 1.21 bits per heavy atom. The lowest BCUT2D eigenvalue weighted by atomic mass is 9.52. The summed E-state index contributed by atoms with van der Waals surface area (Å²) in [6.45, 7) is 2.44. The topological polar surface area (TPSA) is 141 Å². The fourth-order valence-corrected chi connectivity index (χ4v) is 7.79. The van der Waals surface area contributed by atoms with Crippen LogP contribution in [0.1, 0.15) is 65.2 Å². The summed E-state index contributed by atoms with van der Waals surface area (Å²) in [5.74, 6) is -2.32. The van der Waals surface area contributed by atoms with Crippen LogP contribution >= 0.6 is 7.82 Å². The monoisotopic (exact) mass is 500 g/mol. The van der Waals surface area contributed by atoms with E-state index in [1.54, 1.807) is 13.0 Å². The van der Waals surface area contributed by atoms with Gasteiger partial charge in [0.05, 0.1) is 6.10 Å². The number of allylic oxidation sites excluding steroid dienone is 4. The van der Waals surface area contributed by atoms with Crippen LogP contribution in [0.2, 0.25) is 0 Å². The first-order valence-electron chi connectivity index (χ1n) is 12.0. The number of hydrogen-bond acceptors (Lipinski definition) is 6. The van der Waals surface area contributed by atoms with Gasteiger partial charge in [0.15, 0.2) is 17.2 Å². The van der Waals surface area contributed by atoms with Crippen molar-refractivity contribution >= 4 is 19.4 Å². The van der Waals surface area contributed by atoms with E-state index in [0.717, 1.165) is 5.57 Å². The fraction of sp³-hybridized carbons (Fsp3) is 0.750. The largest absolute Gasteiger partial charge is 0.470 e. The molecule has 4 rings (SSSR count). The van der Waals surface area contributed by atoms with Gasteiger partial charge in [-0.05, 0) is 69.4 Å². The molecule has 4 aliphatic rings. The van der Waals surface area contributed by atoms with E-state index in [9.17, 15) is 24.4 Å². The Balaban J connectivity index is 1.78. The maximum atomic E-state index is 17.5. The highest BCUT2D eigenvalue weighted by Crippen LogP contribution is 2.66. The maximum absolute atomic E-state index is 17.5. The summed E-state index contributed by atoms with van der Waals surface area (Å²) in [6, 6.07) is 0. The van der Waals surface area contributed by atoms with Gasteiger partial charge in [0.2, 0.25) is 0 Å². The number of rotatable bonds is 4. The molecule has 3 fully saturated rings. The highest BCUT2D eigenvalue weighted by molar-refractivity contribution is 7.46. The highest BCUT2D eigenvalue weighted by Gasteiger charge is 2.70. The zero-order valence-corrected chi connectivity index (χ0v) is 20.5. The van der Waals surface area contributed by atoms with Gasteiger partial charge < -0.3 is 20.0 Å². The number of aliphatic hydroxyl groups is 2. The Bertz CT molecular complexity index is 989. The number of fused-ring (bicyclic) bond motifs is 5. The number of aliphatic hydroxyl groups excluding tert-OH is 1. The Morgan fingerprint density at radius 2 is 1.88 bits per heavy atom. The van der Waals surface area contributed by atoms with E-state index in [1.165, 1.54) is 12.2 Å². The van der Waals surface area contributed by atoms with Crippen LogP contribution in [-0.2, 0) is 18.7 Å². The summed E-state index contributed by atoms with van der Waals surface area (Å²) < 4.78 is 33.0. The summed E-state index contributed by atoms with van der Waals surface area (Å²) in [4.78, 5) is 43.2. The molecule has 0 unspecified atom stereocenters. The molecule has 0 aromatic rings. The normalized spacial score (nSPS) is 44.7. The predicted molar refractivity (Wildman–Crippen MR) is 120 cm³/mol. The minimum atomic E-state index is -4.97. The van der Waals surface area contributed by atoms with Crippen LogP contribution in [0.15, 0.2) is 23.8 Å². The first-order valence-corrected chi connectivity index (χ1v) is 13.5. The smallest absolute Gasteiger partial charge is 0.390 e. The number of phosphoric ester groups is 1. The molecule has 0 aromatic carbocycles. The molecule has 4 aliphatic carbocycles. The van der Waals surface area contributed by atoms with E-state index >= 15 is 4.39 Å². The van der Waals surface area contributed by atoms with Crippen LogP contribution in [0.4, 0.5) is 4.39 Å². The molecule has 0 amide bonds. The van der Waals surface area contributed by atoms with Crippen molar-refractivity contribution in [1.82, 2.24) is 0 Å². The second-order valence-corrected chi connectivity index (χ2v) is 12.1. The Hall–Kier alpha value is -1.22. The number of hydrogen-bond donors (Lipinski definition) is 4. The third-order valence-electron chi connectivity index (χ3n) is 9.39. The second-order valence-electron chi connectivity index (χ2n) is 10.9. The molecular formula is C24H34FO8P. The van der Waals surface area contributed by atoms with Crippen LogP contribution in [-0.4, -0.2) is 55.5 Å². The Kier molecular flexibility index (Phi) is 6.41. The van der Waals surface area contributed by atoms with Gasteiger partial charge in [-0.3, -0.25) is 14.1 Å². The number of halogens is 1. The maximum Gasteiger partial charge on any atom is 0.470 e. The van der Waals surface area contributed by atoms with Crippen LogP contribution in [0, 0.1) is 22.7 Å². The van der Waals surface area contributed by atoms with Crippen molar-refractivity contribution in [2.75, 3.05) is 6.61 Å². The number of alkyl halides is 1. The van der Waals surface area contributed by atoms with Crippen molar-refractivity contribution in [2.45, 2.75) is 82.6 Å². The summed E-state index contributed by atoms with van der Waals surface area (Å²) in [5, 5.41) is 22.6. The minimum Gasteiger partial charge on any atom is -0.390 e. The molecule has 4 N–H and O–H groups in total. The molecule has 8 nitrogen and oxygen atoms in total. The zero-order valence-electron chi connectivity index (χ0n) is 19.6. The van der Waals surface area contributed by atoms with Crippen molar-refractivity contribution < 1.29 is 43.1 Å². The second kappa shape index (κ2) is 8.43. The predicted octanol–water partition coefficient (Wildman–Crippen LogP) is 2.94. The van der Waals surface area contributed by atoms with Crippen molar-refractivity contribution in [3.05, 3.63) is 23.8 Å². The quantitative estimate of drug-likeness (QED) is 0.432. The number of ketones is 2. The lowest BCUT2D eigenvalue weighted by Crippen LogP contribution is -2.60. The van der Waals surface area contributed by atoms with Gasteiger partial charge in [0.1, 0.15) is 12.3 Å². The number of carbonyl (C=O) groups is 2. The summed E-state index contributed by atoms with van der Waals surface area (Å²) in [5.41, 5.74) is -5.56. The molecule has 0 spiro atoms. The summed E-state index contributed by atoms with van der Waals surface area (Å²) in [6.07, 6.45) is 6.38. The number of phosphoric acid groups is 1. The standard InChI is InChI=1S/C24H34FO8P/c1-21-11-8-16(26)12-15(21)6-5-7-17-18-13-19(27)24(29,20(28)14-33-34(30,31)32)22(18,2)9-3-4-10-23(17,21)25/h8,11-12,17-19,27,29H,3-7,9-10,13-14H2,1-2H3,(H2,30,31,32)/t17-,18+,19-,21+,22+,23-,24+/m1/s1. The summed E-state index contributed by atoms with van der Waals surface area (Å²) >= 11 is 0. The van der Waals surface area contributed by atoms with Crippen LogP contribution in [0.5, 0.6) is 0 Å². The van der Waals surface area contributed by atoms with Gasteiger partial charge >= 0.3 is 7.82 Å². The molecule has 190 valence electrons. The molecule has 0 aliphatic heterocycles. The van der Waals surface area contributed by atoms with Gasteiger partial charge in [0, 0.05) is 10.8 Å². The first kappa shape index (κ1) is 25.9. The van der Waals surface area contributed by atoms with Gasteiger partial charge in [-0.1, -0.05) is 31.4 Å². The molecule has 3 saturated carbocycles. The molecule has 0 heterocycles.